The van der Waals surface area contributed by atoms with Crippen LogP contribution in [-0.2, 0) is 9.26 Å². The number of rotatable bonds is 10. The summed E-state index contributed by atoms with van der Waals surface area (Å²) in [7, 11) is -1.60. The van der Waals surface area contributed by atoms with Crippen molar-refractivity contribution in [3.05, 3.63) is 12.7 Å². The third-order valence-electron chi connectivity index (χ3n) is 4.94. The van der Waals surface area contributed by atoms with E-state index in [2.05, 4.69) is 25.7 Å². The Morgan fingerprint density at radius 3 is 2.53 bits per heavy atom. The summed E-state index contributed by atoms with van der Waals surface area (Å²) in [6.07, 6.45) is -1.48. The molecule has 3 rings (SSSR count). The first-order valence-corrected chi connectivity index (χ1v) is 11.5. The fourth-order valence-electron chi connectivity index (χ4n) is 3.55. The molecule has 0 spiro atoms. The van der Waals surface area contributed by atoms with Crippen LogP contribution in [0.2, 0.25) is 0 Å². The van der Waals surface area contributed by atoms with Crippen molar-refractivity contribution in [2.75, 3.05) is 13.2 Å². The van der Waals surface area contributed by atoms with Gasteiger partial charge in [-0.2, -0.15) is 10.2 Å². The Labute approximate surface area is 187 Å². The fraction of sp³-hybridized carbons (Fsp3) is 0.684. The van der Waals surface area contributed by atoms with Gasteiger partial charge in [-0.25, -0.2) is 14.6 Å². The number of imidazole rings is 1. The van der Waals surface area contributed by atoms with Crippen LogP contribution in [0.25, 0.3) is 11.2 Å². The molecule has 1 aliphatic heterocycles. The van der Waals surface area contributed by atoms with Crippen molar-refractivity contribution in [1.82, 2.24) is 24.2 Å². The molecule has 32 heavy (non-hydrogen) atoms. The van der Waals surface area contributed by atoms with Gasteiger partial charge in [0.25, 0.3) is 5.88 Å². The molecule has 1 unspecified atom stereocenters. The number of nitriles is 1. The first-order chi connectivity index (χ1) is 15.3. The van der Waals surface area contributed by atoms with Crippen LogP contribution in [0, 0.1) is 11.3 Å². The van der Waals surface area contributed by atoms with E-state index in [0.717, 1.165) is 0 Å². The number of nitrogens with zero attached hydrogens (tertiary/aromatic N) is 6. The molecule has 0 radical (unpaired) electrons. The SMILES string of the molecule is CC(C)N(C(C)C)P(OCCC#N)Oc1ncnc2c1ncn2[C@@H]1O[C@H](CO)[C@@H](O)[C@H]1O. The van der Waals surface area contributed by atoms with E-state index in [0.29, 0.717) is 11.2 Å². The molecule has 0 saturated carbocycles. The van der Waals surface area contributed by atoms with Gasteiger partial charge in [0.15, 0.2) is 17.4 Å². The average Bonchev–Trinajstić information content (AvgIpc) is 3.29. The highest BCUT2D eigenvalue weighted by molar-refractivity contribution is 7.45. The third kappa shape index (κ3) is 5.00. The van der Waals surface area contributed by atoms with E-state index < -0.39 is 39.7 Å². The van der Waals surface area contributed by atoms with Gasteiger partial charge in [0, 0.05) is 12.1 Å². The Balaban J connectivity index is 1.92. The molecule has 176 valence electrons. The van der Waals surface area contributed by atoms with Crippen molar-refractivity contribution in [1.29, 1.82) is 5.26 Å². The molecule has 0 aliphatic carbocycles. The van der Waals surface area contributed by atoms with Gasteiger partial charge >= 0.3 is 8.53 Å². The van der Waals surface area contributed by atoms with E-state index in [9.17, 15) is 15.3 Å². The highest BCUT2D eigenvalue weighted by atomic mass is 31.2. The maximum Gasteiger partial charge on any atom is 0.322 e. The molecule has 1 saturated heterocycles. The van der Waals surface area contributed by atoms with Crippen LogP contribution in [-0.4, -0.2) is 83.1 Å². The standard InChI is InChI=1S/C19H29N6O6P/c1-11(2)25(12(3)4)32(29-7-5-6-20)31-18-14-17(21-9-22-18)24(10-23-14)19-16(28)15(27)13(8-26)30-19/h9-13,15-16,19,26-28H,5,7-8H2,1-4H3/t13-,15-,16-,19-,32?/m1/s1. The van der Waals surface area contributed by atoms with Gasteiger partial charge in [0.1, 0.15) is 24.6 Å². The molecule has 1 fully saturated rings. The van der Waals surface area contributed by atoms with Crippen molar-refractivity contribution in [3.63, 3.8) is 0 Å². The summed E-state index contributed by atoms with van der Waals surface area (Å²) >= 11 is 0. The maximum absolute atomic E-state index is 10.4. The summed E-state index contributed by atoms with van der Waals surface area (Å²) < 4.78 is 21.2. The van der Waals surface area contributed by atoms with Gasteiger partial charge < -0.3 is 29.1 Å². The molecule has 0 aromatic carbocycles. The summed E-state index contributed by atoms with van der Waals surface area (Å²) in [5, 5.41) is 38.7. The number of fused-ring (bicyclic) bond motifs is 1. The van der Waals surface area contributed by atoms with E-state index in [1.807, 2.05) is 27.7 Å². The Hall–Kier alpha value is -1.97. The molecule has 0 amide bonds. The van der Waals surface area contributed by atoms with E-state index in [1.54, 1.807) is 0 Å². The van der Waals surface area contributed by atoms with Crippen LogP contribution in [0.1, 0.15) is 40.3 Å². The molecule has 0 bridgehead atoms. The molecular formula is C19H29N6O6P. The summed E-state index contributed by atoms with van der Waals surface area (Å²) in [5.74, 6) is 0.190. The zero-order chi connectivity index (χ0) is 23.4. The van der Waals surface area contributed by atoms with E-state index in [-0.39, 0.29) is 31.0 Å². The zero-order valence-electron chi connectivity index (χ0n) is 18.4. The molecule has 12 nitrogen and oxygen atoms in total. The largest absolute Gasteiger partial charge is 0.415 e. The lowest BCUT2D eigenvalue weighted by Crippen LogP contribution is -2.34. The average molecular weight is 468 g/mol. The number of hydrogen-bond donors (Lipinski definition) is 3. The van der Waals surface area contributed by atoms with Gasteiger partial charge in [0.05, 0.1) is 32.0 Å². The van der Waals surface area contributed by atoms with Crippen molar-refractivity contribution in [3.8, 4) is 11.9 Å². The summed E-state index contributed by atoms with van der Waals surface area (Å²) in [5.41, 5.74) is 0.659. The summed E-state index contributed by atoms with van der Waals surface area (Å²) in [4.78, 5) is 12.8. The predicted octanol–water partition coefficient (Wildman–Crippen LogP) is 1.09. The monoisotopic (exact) mass is 468 g/mol. The smallest absolute Gasteiger partial charge is 0.322 e. The van der Waals surface area contributed by atoms with Gasteiger partial charge in [-0.1, -0.05) is 0 Å². The lowest BCUT2D eigenvalue weighted by molar-refractivity contribution is -0.0511. The first kappa shape index (κ1) is 24.7. The molecule has 2 aromatic heterocycles. The van der Waals surface area contributed by atoms with Crippen molar-refractivity contribution in [2.45, 2.75) is 70.7 Å². The minimum atomic E-state index is -1.60. The number of aliphatic hydroxyl groups is 3. The maximum atomic E-state index is 10.4. The molecule has 1 aliphatic rings. The minimum Gasteiger partial charge on any atom is -0.415 e. The van der Waals surface area contributed by atoms with E-state index in [4.69, 9.17) is 19.0 Å². The molecule has 3 N–H and O–H groups in total. The summed E-state index contributed by atoms with van der Waals surface area (Å²) in [6.45, 7) is 7.88. The van der Waals surface area contributed by atoms with Gasteiger partial charge in [-0.3, -0.25) is 4.57 Å². The Morgan fingerprint density at radius 1 is 1.22 bits per heavy atom. The molecule has 2 aromatic rings. The Kier molecular flexibility index (Phi) is 8.30. The lowest BCUT2D eigenvalue weighted by atomic mass is 10.1. The molecular weight excluding hydrogens is 439 g/mol. The quantitative estimate of drug-likeness (QED) is 0.338. The van der Waals surface area contributed by atoms with E-state index >= 15 is 0 Å². The van der Waals surface area contributed by atoms with Crippen LogP contribution < -0.4 is 4.52 Å². The topological polar surface area (TPSA) is 159 Å². The van der Waals surface area contributed by atoms with Crippen LogP contribution in [0.3, 0.4) is 0 Å². The van der Waals surface area contributed by atoms with Gasteiger partial charge in [-0.15, -0.1) is 0 Å². The van der Waals surface area contributed by atoms with Crippen LogP contribution >= 0.6 is 8.53 Å². The Morgan fingerprint density at radius 2 is 1.94 bits per heavy atom. The van der Waals surface area contributed by atoms with Crippen LogP contribution in [0.5, 0.6) is 5.88 Å². The first-order valence-electron chi connectivity index (χ1n) is 10.4. The van der Waals surface area contributed by atoms with Crippen molar-refractivity contribution < 1.29 is 29.1 Å². The third-order valence-corrected chi connectivity index (χ3v) is 6.98. The van der Waals surface area contributed by atoms with E-state index in [1.165, 1.54) is 17.2 Å². The highest BCUT2D eigenvalue weighted by Gasteiger charge is 2.44. The van der Waals surface area contributed by atoms with Crippen molar-refractivity contribution in [2.24, 2.45) is 0 Å². The van der Waals surface area contributed by atoms with Crippen LogP contribution in [0.15, 0.2) is 12.7 Å². The number of hydrogen-bond acceptors (Lipinski definition) is 11. The molecule has 5 atom stereocenters. The van der Waals surface area contributed by atoms with Crippen LogP contribution in [0.4, 0.5) is 0 Å². The Bertz CT molecular complexity index is 929. The second-order valence-corrected chi connectivity index (χ2v) is 9.25. The van der Waals surface area contributed by atoms with Gasteiger partial charge in [-0.05, 0) is 27.7 Å². The number of aliphatic hydroxyl groups excluding tert-OH is 3. The second-order valence-electron chi connectivity index (χ2n) is 7.87. The molecule has 13 heteroatoms. The highest BCUT2D eigenvalue weighted by Crippen LogP contribution is 2.47. The molecule has 3 heterocycles. The normalized spacial score (nSPS) is 24.5. The number of ether oxygens (including phenoxy) is 1. The van der Waals surface area contributed by atoms with Crippen molar-refractivity contribution >= 4 is 19.7 Å². The number of aromatic nitrogens is 4. The fourth-order valence-corrected chi connectivity index (χ4v) is 5.11. The minimum absolute atomic E-state index is 0.108. The van der Waals surface area contributed by atoms with Gasteiger partial charge in [0.2, 0.25) is 0 Å². The predicted molar refractivity (Wildman–Crippen MR) is 114 cm³/mol. The lowest BCUT2D eigenvalue weighted by Gasteiger charge is -2.34. The summed E-state index contributed by atoms with van der Waals surface area (Å²) in [6, 6.07) is 2.28. The second kappa shape index (κ2) is 10.8. The zero-order valence-corrected chi connectivity index (χ0v) is 19.3.